The molecule has 0 aliphatic heterocycles. The van der Waals surface area contributed by atoms with Crippen LogP contribution in [0.5, 0.6) is 5.88 Å². The van der Waals surface area contributed by atoms with E-state index >= 15 is 0 Å². The number of guanidine groups is 1. The lowest BCUT2D eigenvalue weighted by molar-refractivity contribution is 0.288. The van der Waals surface area contributed by atoms with Crippen molar-refractivity contribution in [2.24, 2.45) is 10.9 Å². The SMILES string of the molecule is CN=C(NCCCn1cccn1)NCc1ccc(OCC2CC2)nc1. The molecule has 2 aromatic rings. The van der Waals surface area contributed by atoms with Crippen LogP contribution in [-0.2, 0) is 13.1 Å². The molecule has 1 aliphatic rings. The van der Waals surface area contributed by atoms with Crippen molar-refractivity contribution < 1.29 is 4.74 Å². The summed E-state index contributed by atoms with van der Waals surface area (Å²) in [7, 11) is 1.77. The van der Waals surface area contributed by atoms with E-state index in [1.54, 1.807) is 13.2 Å². The standard InChI is InChI=1S/C18H26N6O/c1-19-18(20-8-2-10-24-11-3-9-23-24)22-13-16-6-7-17(21-12-16)25-14-15-4-5-15/h3,6-7,9,11-12,15H,2,4-5,8,10,13-14H2,1H3,(H2,19,20,22). The van der Waals surface area contributed by atoms with E-state index in [0.717, 1.165) is 43.6 Å². The van der Waals surface area contributed by atoms with Crippen molar-refractivity contribution in [1.29, 1.82) is 0 Å². The first-order valence-electron chi connectivity index (χ1n) is 8.83. The second kappa shape index (κ2) is 9.05. The number of aliphatic imine (C=N–C) groups is 1. The largest absolute Gasteiger partial charge is 0.477 e. The Hall–Kier alpha value is -2.57. The van der Waals surface area contributed by atoms with E-state index in [1.807, 2.05) is 35.3 Å². The lowest BCUT2D eigenvalue weighted by Gasteiger charge is -2.12. The van der Waals surface area contributed by atoms with Crippen LogP contribution in [0.25, 0.3) is 0 Å². The second-order valence-corrected chi connectivity index (χ2v) is 6.23. The van der Waals surface area contributed by atoms with Gasteiger partial charge in [-0.25, -0.2) is 4.98 Å². The number of rotatable bonds is 9. The molecule has 0 amide bonds. The van der Waals surface area contributed by atoms with Gasteiger partial charge in [-0.15, -0.1) is 0 Å². The quantitative estimate of drug-likeness (QED) is 0.413. The predicted molar refractivity (Wildman–Crippen MR) is 97.5 cm³/mol. The highest BCUT2D eigenvalue weighted by atomic mass is 16.5. The molecule has 0 bridgehead atoms. The van der Waals surface area contributed by atoms with Crippen molar-refractivity contribution in [3.63, 3.8) is 0 Å². The molecule has 7 nitrogen and oxygen atoms in total. The van der Waals surface area contributed by atoms with Gasteiger partial charge < -0.3 is 15.4 Å². The van der Waals surface area contributed by atoms with Crippen LogP contribution < -0.4 is 15.4 Å². The van der Waals surface area contributed by atoms with Crippen LogP contribution >= 0.6 is 0 Å². The van der Waals surface area contributed by atoms with E-state index in [-0.39, 0.29) is 0 Å². The fourth-order valence-electron chi connectivity index (χ4n) is 2.38. The highest BCUT2D eigenvalue weighted by Crippen LogP contribution is 2.29. The first-order valence-corrected chi connectivity index (χ1v) is 8.83. The van der Waals surface area contributed by atoms with Gasteiger partial charge in [0.1, 0.15) is 0 Å². The molecule has 1 fully saturated rings. The molecule has 0 spiro atoms. The Morgan fingerprint density at radius 1 is 1.36 bits per heavy atom. The Kier molecular flexibility index (Phi) is 6.25. The van der Waals surface area contributed by atoms with Crippen molar-refractivity contribution in [1.82, 2.24) is 25.4 Å². The molecular weight excluding hydrogens is 316 g/mol. The molecule has 2 aromatic heterocycles. The maximum atomic E-state index is 5.65. The maximum absolute atomic E-state index is 5.65. The third-order valence-corrected chi connectivity index (χ3v) is 4.06. The molecule has 2 heterocycles. The zero-order valence-corrected chi connectivity index (χ0v) is 14.7. The number of nitrogens with zero attached hydrogens (tertiary/aromatic N) is 4. The predicted octanol–water partition coefficient (Wildman–Crippen LogP) is 1.82. The smallest absolute Gasteiger partial charge is 0.213 e. The third kappa shape index (κ3) is 6.10. The minimum absolute atomic E-state index is 0.675. The van der Waals surface area contributed by atoms with Gasteiger partial charge >= 0.3 is 0 Å². The van der Waals surface area contributed by atoms with Gasteiger partial charge in [0, 0.05) is 51.3 Å². The lowest BCUT2D eigenvalue weighted by atomic mass is 10.3. The molecule has 0 radical (unpaired) electrons. The number of pyridine rings is 1. The second-order valence-electron chi connectivity index (χ2n) is 6.23. The fourth-order valence-corrected chi connectivity index (χ4v) is 2.38. The molecule has 134 valence electrons. The molecule has 0 saturated heterocycles. The van der Waals surface area contributed by atoms with Gasteiger partial charge in [-0.05, 0) is 36.8 Å². The summed E-state index contributed by atoms with van der Waals surface area (Å²) in [5.74, 6) is 2.23. The van der Waals surface area contributed by atoms with Crippen LogP contribution in [0.2, 0.25) is 0 Å². The monoisotopic (exact) mass is 342 g/mol. The van der Waals surface area contributed by atoms with E-state index in [4.69, 9.17) is 4.74 Å². The van der Waals surface area contributed by atoms with Crippen molar-refractivity contribution in [2.45, 2.75) is 32.4 Å². The number of aromatic nitrogens is 3. The maximum Gasteiger partial charge on any atom is 0.213 e. The average molecular weight is 342 g/mol. The molecule has 0 atom stereocenters. The summed E-state index contributed by atoms with van der Waals surface area (Å²) in [4.78, 5) is 8.59. The summed E-state index contributed by atoms with van der Waals surface area (Å²) in [6.45, 7) is 3.20. The minimum atomic E-state index is 0.675. The summed E-state index contributed by atoms with van der Waals surface area (Å²) in [6, 6.07) is 5.90. The van der Waals surface area contributed by atoms with Gasteiger partial charge in [0.25, 0.3) is 0 Å². The van der Waals surface area contributed by atoms with Gasteiger partial charge in [-0.2, -0.15) is 5.10 Å². The Labute approximate surface area is 148 Å². The van der Waals surface area contributed by atoms with E-state index in [2.05, 4.69) is 25.7 Å². The van der Waals surface area contributed by atoms with E-state index in [9.17, 15) is 0 Å². The normalized spacial score (nSPS) is 14.4. The van der Waals surface area contributed by atoms with Gasteiger partial charge in [0.15, 0.2) is 5.96 Å². The summed E-state index contributed by atoms with van der Waals surface area (Å²) < 4.78 is 7.58. The number of hydrogen-bond donors (Lipinski definition) is 2. The summed E-state index contributed by atoms with van der Waals surface area (Å²) in [6.07, 6.45) is 9.17. The first-order chi connectivity index (χ1) is 12.3. The summed E-state index contributed by atoms with van der Waals surface area (Å²) >= 11 is 0. The third-order valence-electron chi connectivity index (χ3n) is 4.06. The van der Waals surface area contributed by atoms with E-state index < -0.39 is 0 Å². The van der Waals surface area contributed by atoms with E-state index in [0.29, 0.717) is 12.4 Å². The molecule has 7 heteroatoms. The molecule has 25 heavy (non-hydrogen) atoms. The molecule has 2 N–H and O–H groups in total. The Bertz CT molecular complexity index is 649. The van der Waals surface area contributed by atoms with Crippen molar-refractivity contribution >= 4 is 5.96 Å². The Morgan fingerprint density at radius 2 is 2.28 bits per heavy atom. The molecule has 0 aromatic carbocycles. The first kappa shape index (κ1) is 17.3. The van der Waals surface area contributed by atoms with Crippen LogP contribution in [0.4, 0.5) is 0 Å². The van der Waals surface area contributed by atoms with Crippen LogP contribution in [0, 0.1) is 5.92 Å². The lowest BCUT2D eigenvalue weighted by Crippen LogP contribution is -2.37. The highest BCUT2D eigenvalue weighted by Gasteiger charge is 2.21. The number of ether oxygens (including phenoxy) is 1. The number of hydrogen-bond acceptors (Lipinski definition) is 4. The van der Waals surface area contributed by atoms with E-state index in [1.165, 1.54) is 12.8 Å². The van der Waals surface area contributed by atoms with Crippen LogP contribution in [-0.4, -0.2) is 40.9 Å². The molecule has 0 unspecified atom stereocenters. The number of aryl methyl sites for hydroxylation is 1. The number of nitrogens with one attached hydrogen (secondary N) is 2. The van der Waals surface area contributed by atoms with Gasteiger partial charge in [-0.3, -0.25) is 9.67 Å². The molecule has 3 rings (SSSR count). The fraction of sp³-hybridized carbons (Fsp3) is 0.500. The zero-order chi connectivity index (χ0) is 17.3. The Balaban J connectivity index is 1.33. The average Bonchev–Trinajstić information content (AvgIpc) is 3.34. The topological polar surface area (TPSA) is 76.4 Å². The van der Waals surface area contributed by atoms with Crippen molar-refractivity contribution in [2.75, 3.05) is 20.2 Å². The van der Waals surface area contributed by atoms with Gasteiger partial charge in [-0.1, -0.05) is 6.07 Å². The van der Waals surface area contributed by atoms with Crippen LogP contribution in [0.15, 0.2) is 41.8 Å². The summed E-state index contributed by atoms with van der Waals surface area (Å²) in [5, 5.41) is 10.8. The minimum Gasteiger partial charge on any atom is -0.477 e. The molecule has 1 saturated carbocycles. The zero-order valence-electron chi connectivity index (χ0n) is 14.7. The highest BCUT2D eigenvalue weighted by molar-refractivity contribution is 5.79. The van der Waals surface area contributed by atoms with Gasteiger partial charge in [0.05, 0.1) is 6.61 Å². The van der Waals surface area contributed by atoms with Gasteiger partial charge in [0.2, 0.25) is 5.88 Å². The van der Waals surface area contributed by atoms with Crippen LogP contribution in [0.3, 0.4) is 0 Å². The molecule has 1 aliphatic carbocycles. The van der Waals surface area contributed by atoms with Crippen LogP contribution in [0.1, 0.15) is 24.8 Å². The summed E-state index contributed by atoms with van der Waals surface area (Å²) in [5.41, 5.74) is 1.10. The molecular formula is C18H26N6O. The van der Waals surface area contributed by atoms with Crippen molar-refractivity contribution in [3.8, 4) is 5.88 Å². The Morgan fingerprint density at radius 3 is 2.96 bits per heavy atom. The van der Waals surface area contributed by atoms with Crippen molar-refractivity contribution in [3.05, 3.63) is 42.4 Å².